The van der Waals surface area contributed by atoms with Crippen LogP contribution in [0.5, 0.6) is 0 Å². The van der Waals surface area contributed by atoms with Crippen molar-refractivity contribution in [3.8, 4) is 11.4 Å². The van der Waals surface area contributed by atoms with Crippen molar-refractivity contribution >= 4 is 17.5 Å². The largest absolute Gasteiger partial charge is 0.338 e. The molecule has 2 amide bonds. The summed E-state index contributed by atoms with van der Waals surface area (Å²) in [6, 6.07) is 13.9. The van der Waals surface area contributed by atoms with Gasteiger partial charge in [-0.25, -0.2) is 4.98 Å². The van der Waals surface area contributed by atoms with E-state index in [-0.39, 0.29) is 17.7 Å². The smallest absolute Gasteiger partial charge is 0.253 e. The van der Waals surface area contributed by atoms with E-state index in [1.807, 2.05) is 61.3 Å². The summed E-state index contributed by atoms with van der Waals surface area (Å²) in [4.78, 5) is 32.5. The highest BCUT2D eigenvalue weighted by atomic mass is 16.2. The number of carbonyl (C=O) groups excluding carboxylic acids is 2. The van der Waals surface area contributed by atoms with Crippen molar-refractivity contribution in [1.29, 1.82) is 0 Å². The lowest BCUT2D eigenvalue weighted by molar-refractivity contribution is -0.121. The van der Waals surface area contributed by atoms with Crippen molar-refractivity contribution < 1.29 is 9.59 Å². The first kappa shape index (κ1) is 22.4. The van der Waals surface area contributed by atoms with E-state index in [0.717, 1.165) is 54.0 Å². The van der Waals surface area contributed by atoms with E-state index in [2.05, 4.69) is 20.9 Å². The maximum absolute atomic E-state index is 13.1. The second-order valence-electron chi connectivity index (χ2n) is 9.72. The van der Waals surface area contributed by atoms with Gasteiger partial charge in [0.1, 0.15) is 5.82 Å². The van der Waals surface area contributed by atoms with Gasteiger partial charge in [-0.3, -0.25) is 9.59 Å². The Balaban J connectivity index is 1.23. The summed E-state index contributed by atoms with van der Waals surface area (Å²) < 4.78 is 2.31. The van der Waals surface area contributed by atoms with Crippen LogP contribution in [0.2, 0.25) is 0 Å². The molecule has 0 radical (unpaired) electrons. The van der Waals surface area contributed by atoms with E-state index in [0.29, 0.717) is 18.7 Å². The Morgan fingerprint density at radius 1 is 0.971 bits per heavy atom. The van der Waals surface area contributed by atoms with E-state index in [1.54, 1.807) is 0 Å². The molecule has 1 fully saturated rings. The fourth-order valence-corrected chi connectivity index (χ4v) is 5.27. The van der Waals surface area contributed by atoms with Gasteiger partial charge >= 0.3 is 0 Å². The molecule has 3 aromatic rings. The van der Waals surface area contributed by atoms with Gasteiger partial charge in [-0.1, -0.05) is 17.2 Å². The summed E-state index contributed by atoms with van der Waals surface area (Å²) in [5.74, 6) is 0.781. The van der Waals surface area contributed by atoms with Gasteiger partial charge in [0.05, 0.1) is 5.92 Å². The second kappa shape index (κ2) is 9.45. The zero-order valence-corrected chi connectivity index (χ0v) is 20.0. The highest BCUT2D eigenvalue weighted by Crippen LogP contribution is 2.26. The van der Waals surface area contributed by atoms with Crippen LogP contribution in [0, 0.1) is 19.8 Å². The summed E-state index contributed by atoms with van der Waals surface area (Å²) in [7, 11) is 0. The van der Waals surface area contributed by atoms with E-state index in [4.69, 9.17) is 0 Å². The monoisotopic (exact) mass is 456 g/mol. The van der Waals surface area contributed by atoms with E-state index < -0.39 is 0 Å². The van der Waals surface area contributed by atoms with Crippen molar-refractivity contribution in [2.24, 2.45) is 5.92 Å². The summed E-state index contributed by atoms with van der Waals surface area (Å²) >= 11 is 0. The SMILES string of the molecule is Cc1cc(C)cc(C(=O)N2CCCC(C(=O)Nc3ccc(-c4ncc5n4CCCC5)cc3)C2)c1. The van der Waals surface area contributed by atoms with Crippen LogP contribution in [0.1, 0.15) is 52.9 Å². The lowest BCUT2D eigenvalue weighted by Gasteiger charge is -2.32. The minimum Gasteiger partial charge on any atom is -0.338 e. The van der Waals surface area contributed by atoms with Crippen molar-refractivity contribution in [3.63, 3.8) is 0 Å². The van der Waals surface area contributed by atoms with E-state index in [9.17, 15) is 9.59 Å². The van der Waals surface area contributed by atoms with Crippen LogP contribution in [-0.2, 0) is 17.8 Å². The Bertz CT molecular complexity index is 1190. The standard InChI is InChI=1S/C28H32N4O2/c1-19-14-20(2)16-23(15-19)28(34)31-12-5-6-22(18-31)27(33)30-24-10-8-21(9-11-24)26-29-17-25-7-3-4-13-32(25)26/h8-11,14-17,22H,3-7,12-13,18H2,1-2H3,(H,30,33). The topological polar surface area (TPSA) is 67.2 Å². The van der Waals surface area contributed by atoms with Crippen LogP contribution >= 0.6 is 0 Å². The number of anilines is 1. The lowest BCUT2D eigenvalue weighted by atomic mass is 9.96. The maximum Gasteiger partial charge on any atom is 0.253 e. The van der Waals surface area contributed by atoms with Crippen molar-refractivity contribution in [2.75, 3.05) is 18.4 Å². The Kier molecular flexibility index (Phi) is 6.22. The quantitative estimate of drug-likeness (QED) is 0.601. The number of nitrogens with one attached hydrogen (secondary N) is 1. The number of imidazole rings is 1. The predicted molar refractivity (Wildman–Crippen MR) is 134 cm³/mol. The van der Waals surface area contributed by atoms with Gasteiger partial charge in [0.15, 0.2) is 0 Å². The van der Waals surface area contributed by atoms with Crippen molar-refractivity contribution in [1.82, 2.24) is 14.5 Å². The number of hydrogen-bond acceptors (Lipinski definition) is 3. The van der Waals surface area contributed by atoms with Gasteiger partial charge < -0.3 is 14.8 Å². The molecule has 1 saturated heterocycles. The molecule has 176 valence electrons. The molecule has 1 unspecified atom stereocenters. The first-order chi connectivity index (χ1) is 16.5. The Morgan fingerprint density at radius 2 is 1.74 bits per heavy atom. The first-order valence-electron chi connectivity index (χ1n) is 12.3. The Labute approximate surface area is 201 Å². The number of hydrogen-bond donors (Lipinski definition) is 1. The van der Waals surface area contributed by atoms with Crippen LogP contribution in [0.3, 0.4) is 0 Å². The average Bonchev–Trinajstić information content (AvgIpc) is 3.28. The zero-order chi connectivity index (χ0) is 23.7. The molecule has 0 aliphatic carbocycles. The maximum atomic E-state index is 13.1. The molecule has 1 N–H and O–H groups in total. The fraction of sp³-hybridized carbons (Fsp3) is 0.393. The minimum atomic E-state index is -0.206. The van der Waals surface area contributed by atoms with Gasteiger partial charge in [-0.05, 0) is 82.3 Å². The first-order valence-corrected chi connectivity index (χ1v) is 12.3. The van der Waals surface area contributed by atoms with Crippen LogP contribution in [-0.4, -0.2) is 39.4 Å². The van der Waals surface area contributed by atoms with Gasteiger partial charge in [0.2, 0.25) is 5.91 Å². The summed E-state index contributed by atoms with van der Waals surface area (Å²) in [6.45, 7) is 6.17. The normalized spacial score (nSPS) is 17.8. The lowest BCUT2D eigenvalue weighted by Crippen LogP contribution is -2.43. The van der Waals surface area contributed by atoms with E-state index in [1.165, 1.54) is 18.5 Å². The van der Waals surface area contributed by atoms with Gasteiger partial charge in [-0.15, -0.1) is 0 Å². The van der Waals surface area contributed by atoms with Gasteiger partial charge in [-0.2, -0.15) is 0 Å². The van der Waals surface area contributed by atoms with Crippen LogP contribution in [0.15, 0.2) is 48.7 Å². The molecule has 0 spiro atoms. The average molecular weight is 457 g/mol. The van der Waals surface area contributed by atoms with Crippen LogP contribution in [0.4, 0.5) is 5.69 Å². The second-order valence-corrected chi connectivity index (χ2v) is 9.72. The van der Waals surface area contributed by atoms with Crippen LogP contribution in [0.25, 0.3) is 11.4 Å². The van der Waals surface area contributed by atoms with Gasteiger partial charge in [0.25, 0.3) is 5.91 Å². The summed E-state index contributed by atoms with van der Waals surface area (Å²) in [5, 5.41) is 3.06. The minimum absolute atomic E-state index is 0.0108. The van der Waals surface area contributed by atoms with Crippen molar-refractivity contribution in [2.45, 2.75) is 52.5 Å². The molecule has 1 atom stereocenters. The number of aromatic nitrogens is 2. The third-order valence-corrected chi connectivity index (χ3v) is 6.96. The van der Waals surface area contributed by atoms with E-state index >= 15 is 0 Å². The number of piperidine rings is 1. The Hall–Kier alpha value is -3.41. The molecule has 3 heterocycles. The van der Waals surface area contributed by atoms with Gasteiger partial charge in [0, 0.05) is 48.3 Å². The number of aryl methyl sites for hydroxylation is 3. The molecular weight excluding hydrogens is 424 g/mol. The number of fused-ring (bicyclic) bond motifs is 1. The number of carbonyl (C=O) groups is 2. The number of likely N-dealkylation sites (tertiary alicyclic amines) is 1. The molecule has 5 rings (SSSR count). The third-order valence-electron chi connectivity index (χ3n) is 6.96. The van der Waals surface area contributed by atoms with Crippen LogP contribution < -0.4 is 5.32 Å². The molecule has 0 saturated carbocycles. The number of rotatable bonds is 4. The zero-order valence-electron chi connectivity index (χ0n) is 20.0. The van der Waals surface area contributed by atoms with Crippen molar-refractivity contribution in [3.05, 3.63) is 71.0 Å². The fourth-order valence-electron chi connectivity index (χ4n) is 5.27. The highest BCUT2D eigenvalue weighted by Gasteiger charge is 2.29. The highest BCUT2D eigenvalue weighted by molar-refractivity contribution is 5.96. The number of benzene rings is 2. The number of amides is 2. The molecule has 6 nitrogen and oxygen atoms in total. The molecule has 34 heavy (non-hydrogen) atoms. The Morgan fingerprint density at radius 3 is 2.50 bits per heavy atom. The molecule has 1 aromatic heterocycles. The molecule has 2 aliphatic heterocycles. The third kappa shape index (κ3) is 4.63. The summed E-state index contributed by atoms with van der Waals surface area (Å²) in [6.07, 6.45) is 7.11. The molecule has 6 heteroatoms. The number of nitrogens with zero attached hydrogens (tertiary/aromatic N) is 3. The summed E-state index contributed by atoms with van der Waals surface area (Å²) in [5.41, 5.74) is 6.00. The molecule has 2 aromatic carbocycles. The predicted octanol–water partition coefficient (Wildman–Crippen LogP) is 4.99. The molecule has 0 bridgehead atoms. The molecular formula is C28H32N4O2. The molecule has 2 aliphatic rings.